The maximum atomic E-state index is 12.9. The zero-order chi connectivity index (χ0) is 25.6. The molecule has 1 aromatic heterocycles. The number of amides is 1. The molecule has 0 saturated heterocycles. The fraction of sp³-hybridized carbons (Fsp3) is 0.0690. The minimum absolute atomic E-state index is 0.119. The monoisotopic (exact) mass is 509 g/mol. The SMILES string of the molecule is COc1ccc(-c2nc3ccccc3o2)cc1NC(=S)NC(=O)c1cccc(OCc2ccccc2)c1. The Bertz CT molecular complexity index is 1530. The van der Waals surface area contributed by atoms with Crippen LogP contribution in [0.5, 0.6) is 11.5 Å². The van der Waals surface area contributed by atoms with Gasteiger partial charge in [-0.05, 0) is 66.3 Å². The van der Waals surface area contributed by atoms with Crippen LogP contribution >= 0.6 is 12.2 Å². The lowest BCUT2D eigenvalue weighted by atomic mass is 10.2. The number of thiocarbonyl (C=S) groups is 1. The molecule has 2 N–H and O–H groups in total. The van der Waals surface area contributed by atoms with E-state index in [9.17, 15) is 4.79 Å². The Morgan fingerprint density at radius 3 is 2.57 bits per heavy atom. The van der Waals surface area contributed by atoms with Crippen molar-refractivity contribution in [3.8, 4) is 23.0 Å². The summed E-state index contributed by atoms with van der Waals surface area (Å²) in [6, 6.07) is 29.7. The highest BCUT2D eigenvalue weighted by Crippen LogP contribution is 2.32. The van der Waals surface area contributed by atoms with Crippen molar-refractivity contribution in [1.82, 2.24) is 10.3 Å². The number of para-hydroxylation sites is 2. The van der Waals surface area contributed by atoms with Crippen LogP contribution in [0.25, 0.3) is 22.6 Å². The molecule has 1 amide bonds. The van der Waals surface area contributed by atoms with Gasteiger partial charge < -0.3 is 19.2 Å². The molecule has 0 atom stereocenters. The summed E-state index contributed by atoms with van der Waals surface area (Å²) in [5.74, 6) is 1.24. The van der Waals surface area contributed by atoms with E-state index in [-0.39, 0.29) is 11.0 Å². The average molecular weight is 510 g/mol. The van der Waals surface area contributed by atoms with E-state index in [1.165, 1.54) is 0 Å². The first-order valence-corrected chi connectivity index (χ1v) is 11.9. The second-order valence-corrected chi connectivity index (χ2v) is 8.52. The zero-order valence-electron chi connectivity index (χ0n) is 19.9. The number of ether oxygens (including phenoxy) is 2. The van der Waals surface area contributed by atoms with Crippen LogP contribution in [0.15, 0.2) is 101 Å². The van der Waals surface area contributed by atoms with Crippen LogP contribution in [0.1, 0.15) is 15.9 Å². The third kappa shape index (κ3) is 5.76. The van der Waals surface area contributed by atoms with Gasteiger partial charge in [-0.25, -0.2) is 4.98 Å². The second-order valence-electron chi connectivity index (χ2n) is 8.11. The first-order valence-electron chi connectivity index (χ1n) is 11.5. The predicted octanol–water partition coefficient (Wildman–Crippen LogP) is 6.21. The van der Waals surface area contributed by atoms with Crippen molar-refractivity contribution in [2.45, 2.75) is 6.61 Å². The van der Waals surface area contributed by atoms with Gasteiger partial charge in [0.25, 0.3) is 5.91 Å². The lowest BCUT2D eigenvalue weighted by molar-refractivity contribution is 0.0977. The summed E-state index contributed by atoms with van der Waals surface area (Å²) in [4.78, 5) is 17.4. The minimum atomic E-state index is -0.364. The number of carbonyl (C=O) groups excluding carboxylic acids is 1. The van der Waals surface area contributed by atoms with Gasteiger partial charge in [0, 0.05) is 11.1 Å². The number of benzene rings is 4. The van der Waals surface area contributed by atoms with Crippen LogP contribution in [-0.4, -0.2) is 23.1 Å². The topological polar surface area (TPSA) is 85.6 Å². The Kier molecular flexibility index (Phi) is 7.09. The molecule has 184 valence electrons. The molecule has 7 nitrogen and oxygen atoms in total. The van der Waals surface area contributed by atoms with Gasteiger partial charge in [-0.2, -0.15) is 0 Å². The van der Waals surface area contributed by atoms with Gasteiger partial charge >= 0.3 is 0 Å². The van der Waals surface area contributed by atoms with Crippen LogP contribution in [0.3, 0.4) is 0 Å². The molecule has 5 aromatic rings. The van der Waals surface area contributed by atoms with E-state index < -0.39 is 0 Å². The van der Waals surface area contributed by atoms with Crippen molar-refractivity contribution in [3.05, 3.63) is 108 Å². The molecule has 5 rings (SSSR count). The average Bonchev–Trinajstić information content (AvgIpc) is 3.37. The summed E-state index contributed by atoms with van der Waals surface area (Å²) in [6.07, 6.45) is 0. The number of rotatable bonds is 7. The predicted molar refractivity (Wildman–Crippen MR) is 147 cm³/mol. The number of hydrogen-bond acceptors (Lipinski definition) is 6. The van der Waals surface area contributed by atoms with Gasteiger partial charge in [-0.1, -0.05) is 48.5 Å². The number of methoxy groups -OCH3 is 1. The van der Waals surface area contributed by atoms with Crippen LogP contribution in [0, 0.1) is 0 Å². The Morgan fingerprint density at radius 1 is 0.946 bits per heavy atom. The molecule has 0 aliphatic rings. The molecule has 0 aliphatic heterocycles. The van der Waals surface area contributed by atoms with E-state index in [1.807, 2.05) is 60.7 Å². The third-order valence-corrected chi connectivity index (χ3v) is 5.76. The molecular formula is C29H23N3O4S. The normalized spacial score (nSPS) is 10.6. The summed E-state index contributed by atoms with van der Waals surface area (Å²) < 4.78 is 17.2. The fourth-order valence-electron chi connectivity index (χ4n) is 3.73. The molecule has 0 spiro atoms. The number of fused-ring (bicyclic) bond motifs is 1. The van der Waals surface area contributed by atoms with Crippen molar-refractivity contribution in [3.63, 3.8) is 0 Å². The lowest BCUT2D eigenvalue weighted by Gasteiger charge is -2.14. The quantitative estimate of drug-likeness (QED) is 0.252. The van der Waals surface area contributed by atoms with Gasteiger partial charge in [0.15, 0.2) is 10.7 Å². The molecule has 37 heavy (non-hydrogen) atoms. The van der Waals surface area contributed by atoms with E-state index in [4.69, 9.17) is 26.1 Å². The number of anilines is 1. The molecule has 0 unspecified atom stereocenters. The molecule has 0 bridgehead atoms. The number of nitrogens with one attached hydrogen (secondary N) is 2. The standard InChI is InChI=1S/C29H23N3O4S/c1-34-25-15-14-21(28-30-23-12-5-6-13-26(23)36-28)17-24(25)31-29(37)32-27(33)20-10-7-11-22(16-20)35-18-19-8-3-2-4-9-19/h2-17H,18H2,1H3,(H2,31,32,33,37). The van der Waals surface area contributed by atoms with Crippen LogP contribution < -0.4 is 20.1 Å². The van der Waals surface area contributed by atoms with Crippen molar-refractivity contribution >= 4 is 40.0 Å². The van der Waals surface area contributed by atoms with Crippen molar-refractivity contribution in [2.24, 2.45) is 0 Å². The summed E-state index contributed by atoms with van der Waals surface area (Å²) in [6.45, 7) is 0.405. The number of hydrogen-bond donors (Lipinski definition) is 2. The highest BCUT2D eigenvalue weighted by Gasteiger charge is 2.14. The second kappa shape index (κ2) is 10.9. The van der Waals surface area contributed by atoms with Gasteiger partial charge in [0.2, 0.25) is 5.89 Å². The van der Waals surface area contributed by atoms with Crippen molar-refractivity contribution < 1.29 is 18.7 Å². The van der Waals surface area contributed by atoms with Gasteiger partial charge in [0.1, 0.15) is 23.6 Å². The van der Waals surface area contributed by atoms with E-state index in [1.54, 1.807) is 43.5 Å². The summed E-state index contributed by atoms with van der Waals surface area (Å²) in [5, 5.41) is 5.87. The number of oxazole rings is 1. The van der Waals surface area contributed by atoms with Crippen LogP contribution in [-0.2, 0) is 6.61 Å². The molecule has 0 radical (unpaired) electrons. The molecular weight excluding hydrogens is 486 g/mol. The number of carbonyl (C=O) groups is 1. The van der Waals surface area contributed by atoms with E-state index in [2.05, 4.69) is 15.6 Å². The maximum Gasteiger partial charge on any atom is 0.257 e. The summed E-state index contributed by atoms with van der Waals surface area (Å²) in [5.41, 5.74) is 4.21. The Hall–Kier alpha value is -4.69. The van der Waals surface area contributed by atoms with Gasteiger partial charge in [-0.3, -0.25) is 10.1 Å². The minimum Gasteiger partial charge on any atom is -0.495 e. The Morgan fingerprint density at radius 2 is 1.76 bits per heavy atom. The Labute approximate surface area is 219 Å². The first-order chi connectivity index (χ1) is 18.1. The van der Waals surface area contributed by atoms with Crippen LogP contribution in [0.4, 0.5) is 5.69 Å². The van der Waals surface area contributed by atoms with Gasteiger partial charge in [0.05, 0.1) is 12.8 Å². The first kappa shape index (κ1) is 24.0. The molecule has 0 saturated carbocycles. The maximum absolute atomic E-state index is 12.9. The highest BCUT2D eigenvalue weighted by atomic mass is 32.1. The Balaban J connectivity index is 1.27. The smallest absolute Gasteiger partial charge is 0.257 e. The van der Waals surface area contributed by atoms with Gasteiger partial charge in [-0.15, -0.1) is 0 Å². The number of aromatic nitrogens is 1. The van der Waals surface area contributed by atoms with Crippen molar-refractivity contribution in [2.75, 3.05) is 12.4 Å². The summed E-state index contributed by atoms with van der Waals surface area (Å²) >= 11 is 5.41. The highest BCUT2D eigenvalue weighted by molar-refractivity contribution is 7.80. The van der Waals surface area contributed by atoms with Crippen LogP contribution in [0.2, 0.25) is 0 Å². The molecule has 0 aliphatic carbocycles. The van der Waals surface area contributed by atoms with E-state index >= 15 is 0 Å². The van der Waals surface area contributed by atoms with Crippen molar-refractivity contribution in [1.29, 1.82) is 0 Å². The van der Waals surface area contributed by atoms with E-state index in [0.29, 0.717) is 40.8 Å². The number of nitrogens with zero attached hydrogens (tertiary/aromatic N) is 1. The molecule has 1 heterocycles. The lowest BCUT2D eigenvalue weighted by Crippen LogP contribution is -2.34. The molecule has 0 fully saturated rings. The fourth-order valence-corrected chi connectivity index (χ4v) is 3.93. The largest absolute Gasteiger partial charge is 0.495 e. The third-order valence-electron chi connectivity index (χ3n) is 5.56. The zero-order valence-corrected chi connectivity index (χ0v) is 20.7. The van der Waals surface area contributed by atoms with E-state index in [0.717, 1.165) is 16.6 Å². The molecule has 4 aromatic carbocycles. The summed E-state index contributed by atoms with van der Waals surface area (Å²) in [7, 11) is 1.56. The molecule has 8 heteroatoms.